The number of thiazole rings is 1. The minimum absolute atomic E-state index is 0.0868. The highest BCUT2D eigenvalue weighted by atomic mass is 32.1. The van der Waals surface area contributed by atoms with E-state index >= 15 is 0 Å². The van der Waals surface area contributed by atoms with Gasteiger partial charge < -0.3 is 13.7 Å². The van der Waals surface area contributed by atoms with Crippen molar-refractivity contribution in [2.24, 2.45) is 4.99 Å². The Bertz CT molecular complexity index is 1150. The number of amides is 1. The lowest BCUT2D eigenvalue weighted by molar-refractivity contribution is -0.384. The average Bonchev–Trinajstić information content (AvgIpc) is 3.14. The minimum Gasteiger partial charge on any atom is -0.466 e. The van der Waals surface area contributed by atoms with Crippen LogP contribution in [0, 0.1) is 24.0 Å². The number of rotatable bonds is 5. The second-order valence-corrected chi connectivity index (χ2v) is 6.94. The molecule has 0 saturated heterocycles. The number of nitro groups is 1. The topological polar surface area (TPSA) is 117 Å². The molecule has 0 fully saturated rings. The number of furan rings is 1. The summed E-state index contributed by atoms with van der Waals surface area (Å²) in [5, 5.41) is 11.0. The molecule has 2 heterocycles. The molecular weight excluding hydrogens is 386 g/mol. The number of nitro benzene ring substituents is 1. The van der Waals surface area contributed by atoms with Gasteiger partial charge in [0.2, 0.25) is 0 Å². The van der Waals surface area contributed by atoms with Crippen molar-refractivity contribution < 1.29 is 23.7 Å². The number of carbonyl (C=O) groups excluding carboxylic acids is 2. The van der Waals surface area contributed by atoms with Gasteiger partial charge in [0.05, 0.1) is 27.3 Å². The standard InChI is InChI=1S/C18H17N3O6S/c1-4-26-16(22)9-20-14-6-5-12(21(24)25)8-15(14)28-18(20)19-17(23)13-7-10(2)27-11(13)3/h5-8H,4,9H2,1-3H3. The van der Waals surface area contributed by atoms with Crippen LogP contribution in [0.25, 0.3) is 10.2 Å². The number of ether oxygens (including phenoxy) is 1. The number of carbonyl (C=O) groups is 2. The van der Waals surface area contributed by atoms with Gasteiger partial charge in [0.25, 0.3) is 11.6 Å². The van der Waals surface area contributed by atoms with E-state index in [2.05, 4.69) is 4.99 Å². The number of non-ortho nitro benzene ring substituents is 1. The molecule has 0 saturated carbocycles. The SMILES string of the molecule is CCOC(=O)Cn1c(=NC(=O)c2cc(C)oc2C)sc2cc([N+](=O)[O-])ccc21. The Balaban J connectivity index is 2.15. The summed E-state index contributed by atoms with van der Waals surface area (Å²) in [4.78, 5) is 39.5. The van der Waals surface area contributed by atoms with Gasteiger partial charge in [0.1, 0.15) is 18.1 Å². The first-order chi connectivity index (χ1) is 13.3. The molecule has 0 N–H and O–H groups in total. The van der Waals surface area contributed by atoms with E-state index in [0.717, 1.165) is 11.3 Å². The van der Waals surface area contributed by atoms with E-state index in [1.165, 1.54) is 22.8 Å². The molecule has 0 aliphatic carbocycles. The Morgan fingerprint density at radius 2 is 2.07 bits per heavy atom. The van der Waals surface area contributed by atoms with Crippen molar-refractivity contribution in [3.63, 3.8) is 0 Å². The Hall–Kier alpha value is -3.27. The summed E-state index contributed by atoms with van der Waals surface area (Å²) in [6, 6.07) is 5.85. The highest BCUT2D eigenvalue weighted by molar-refractivity contribution is 7.16. The molecule has 0 unspecified atom stereocenters. The second kappa shape index (κ2) is 7.77. The van der Waals surface area contributed by atoms with Crippen molar-refractivity contribution >= 4 is 39.1 Å². The predicted molar refractivity (Wildman–Crippen MR) is 101 cm³/mol. The highest BCUT2D eigenvalue weighted by Gasteiger charge is 2.17. The van der Waals surface area contributed by atoms with Gasteiger partial charge in [-0.25, -0.2) is 0 Å². The van der Waals surface area contributed by atoms with Gasteiger partial charge >= 0.3 is 5.97 Å². The van der Waals surface area contributed by atoms with Crippen LogP contribution in [0.15, 0.2) is 33.7 Å². The van der Waals surface area contributed by atoms with E-state index in [4.69, 9.17) is 9.15 Å². The molecule has 28 heavy (non-hydrogen) atoms. The van der Waals surface area contributed by atoms with Gasteiger partial charge in [0, 0.05) is 12.1 Å². The summed E-state index contributed by atoms with van der Waals surface area (Å²) >= 11 is 1.08. The summed E-state index contributed by atoms with van der Waals surface area (Å²) in [5.41, 5.74) is 0.787. The molecule has 0 aliphatic rings. The third kappa shape index (κ3) is 3.86. The van der Waals surface area contributed by atoms with Crippen molar-refractivity contribution in [3.8, 4) is 0 Å². The molecule has 9 nitrogen and oxygen atoms in total. The summed E-state index contributed by atoms with van der Waals surface area (Å²) in [5.74, 6) is 0.0140. The number of aromatic nitrogens is 1. The first-order valence-electron chi connectivity index (χ1n) is 8.39. The number of hydrogen-bond acceptors (Lipinski definition) is 7. The molecule has 0 spiro atoms. The van der Waals surface area contributed by atoms with Crippen LogP contribution in [0.3, 0.4) is 0 Å². The van der Waals surface area contributed by atoms with Crippen molar-refractivity contribution in [1.82, 2.24) is 4.57 Å². The van der Waals surface area contributed by atoms with Crippen molar-refractivity contribution in [2.45, 2.75) is 27.3 Å². The zero-order chi connectivity index (χ0) is 20.4. The number of fused-ring (bicyclic) bond motifs is 1. The predicted octanol–water partition coefficient (Wildman–Crippen LogP) is 3.13. The summed E-state index contributed by atoms with van der Waals surface area (Å²) in [6.45, 7) is 5.13. The first kappa shape index (κ1) is 19.5. The fourth-order valence-electron chi connectivity index (χ4n) is 2.74. The van der Waals surface area contributed by atoms with Gasteiger partial charge in [-0.2, -0.15) is 4.99 Å². The van der Waals surface area contributed by atoms with Gasteiger partial charge in [0.15, 0.2) is 4.80 Å². The molecule has 3 rings (SSSR count). The maximum absolute atomic E-state index is 12.6. The van der Waals surface area contributed by atoms with Crippen LogP contribution in [0.1, 0.15) is 28.8 Å². The largest absolute Gasteiger partial charge is 0.466 e. The molecule has 0 bridgehead atoms. The van der Waals surface area contributed by atoms with Gasteiger partial charge in [-0.15, -0.1) is 0 Å². The normalized spacial score (nSPS) is 11.8. The number of benzene rings is 1. The highest BCUT2D eigenvalue weighted by Crippen LogP contribution is 2.23. The quantitative estimate of drug-likeness (QED) is 0.367. The average molecular weight is 403 g/mol. The Kier molecular flexibility index (Phi) is 5.41. The van der Waals surface area contributed by atoms with Gasteiger partial charge in [-0.05, 0) is 32.9 Å². The van der Waals surface area contributed by atoms with Crippen LogP contribution in [0.4, 0.5) is 5.69 Å². The molecule has 0 aliphatic heterocycles. The Morgan fingerprint density at radius 3 is 2.68 bits per heavy atom. The van der Waals surface area contributed by atoms with Gasteiger partial charge in [-0.1, -0.05) is 11.3 Å². The summed E-state index contributed by atoms with van der Waals surface area (Å²) < 4.78 is 12.4. The van der Waals surface area contributed by atoms with E-state index in [0.29, 0.717) is 27.3 Å². The monoisotopic (exact) mass is 403 g/mol. The molecule has 1 aromatic carbocycles. The third-order valence-electron chi connectivity index (χ3n) is 3.94. The summed E-state index contributed by atoms with van der Waals surface area (Å²) in [7, 11) is 0. The third-order valence-corrected chi connectivity index (χ3v) is 4.98. The Labute approximate surface area is 163 Å². The molecular formula is C18H17N3O6S. The molecule has 146 valence electrons. The van der Waals surface area contributed by atoms with Crippen LogP contribution in [0.2, 0.25) is 0 Å². The maximum atomic E-state index is 12.6. The number of hydrogen-bond donors (Lipinski definition) is 0. The van der Waals surface area contributed by atoms with Crippen molar-refractivity contribution in [1.29, 1.82) is 0 Å². The maximum Gasteiger partial charge on any atom is 0.326 e. The van der Waals surface area contributed by atoms with Crippen molar-refractivity contribution in [3.05, 3.63) is 56.3 Å². The van der Waals surface area contributed by atoms with Gasteiger partial charge in [-0.3, -0.25) is 19.7 Å². The molecule has 1 amide bonds. The lowest BCUT2D eigenvalue weighted by atomic mass is 10.2. The smallest absolute Gasteiger partial charge is 0.326 e. The second-order valence-electron chi connectivity index (χ2n) is 5.93. The van der Waals surface area contributed by atoms with Crippen LogP contribution < -0.4 is 4.80 Å². The van der Waals surface area contributed by atoms with Crippen LogP contribution in [-0.2, 0) is 16.1 Å². The summed E-state index contributed by atoms with van der Waals surface area (Å²) in [6.07, 6.45) is 0. The zero-order valence-electron chi connectivity index (χ0n) is 15.4. The first-order valence-corrected chi connectivity index (χ1v) is 9.21. The fourth-order valence-corrected chi connectivity index (χ4v) is 3.80. The molecule has 10 heteroatoms. The van der Waals surface area contributed by atoms with E-state index in [1.54, 1.807) is 26.8 Å². The molecule has 0 atom stereocenters. The van der Waals surface area contributed by atoms with Crippen LogP contribution >= 0.6 is 11.3 Å². The zero-order valence-corrected chi connectivity index (χ0v) is 16.2. The Morgan fingerprint density at radius 1 is 1.32 bits per heavy atom. The molecule has 0 radical (unpaired) electrons. The lowest BCUT2D eigenvalue weighted by Crippen LogP contribution is -2.23. The molecule has 3 aromatic rings. The van der Waals surface area contributed by atoms with Crippen molar-refractivity contribution in [2.75, 3.05) is 6.61 Å². The fraction of sp³-hybridized carbons (Fsp3) is 0.278. The minimum atomic E-state index is -0.520. The number of nitrogens with zero attached hydrogens (tertiary/aromatic N) is 3. The lowest BCUT2D eigenvalue weighted by Gasteiger charge is -2.05. The van der Waals surface area contributed by atoms with E-state index < -0.39 is 16.8 Å². The van der Waals surface area contributed by atoms with E-state index in [9.17, 15) is 19.7 Å². The van der Waals surface area contributed by atoms with Crippen LogP contribution in [0.5, 0.6) is 0 Å². The van der Waals surface area contributed by atoms with Crippen LogP contribution in [-0.4, -0.2) is 28.0 Å². The number of esters is 1. The number of aryl methyl sites for hydroxylation is 2. The van der Waals surface area contributed by atoms with E-state index in [1.807, 2.05) is 0 Å². The molecule has 2 aromatic heterocycles. The van der Waals surface area contributed by atoms with E-state index in [-0.39, 0.29) is 23.6 Å².